The summed E-state index contributed by atoms with van der Waals surface area (Å²) in [6.07, 6.45) is -0.745. The number of carbonyl (C=O) groups excluding carboxylic acids is 1. The lowest BCUT2D eigenvalue weighted by atomic mass is 9.82. The van der Waals surface area contributed by atoms with Gasteiger partial charge in [-0.05, 0) is 25.5 Å². The molecule has 3 aromatic rings. The minimum atomic E-state index is -4.61. The maximum absolute atomic E-state index is 13.3. The van der Waals surface area contributed by atoms with E-state index >= 15 is 0 Å². The van der Waals surface area contributed by atoms with Crippen LogP contribution in [0.1, 0.15) is 28.3 Å². The predicted molar refractivity (Wildman–Crippen MR) is 108 cm³/mol. The lowest BCUT2D eigenvalue weighted by Gasteiger charge is -2.54. The first-order valence-corrected chi connectivity index (χ1v) is 10.3. The highest BCUT2D eigenvalue weighted by atomic mass is 19.4. The third-order valence-electron chi connectivity index (χ3n) is 6.00. The second-order valence-corrected chi connectivity index (χ2v) is 8.04. The summed E-state index contributed by atoms with van der Waals surface area (Å²) in [6, 6.07) is 8.58. The Kier molecular flexibility index (Phi) is 4.83. The smallest absolute Gasteiger partial charge is 0.351 e. The van der Waals surface area contributed by atoms with Crippen LogP contribution < -0.4 is 4.90 Å². The van der Waals surface area contributed by atoms with E-state index in [0.29, 0.717) is 36.8 Å². The average Bonchev–Trinajstić information content (AvgIpc) is 3.28. The van der Waals surface area contributed by atoms with E-state index < -0.39 is 12.0 Å². The van der Waals surface area contributed by atoms with Crippen LogP contribution in [0.15, 0.2) is 42.7 Å². The third-order valence-corrected chi connectivity index (χ3v) is 6.00. The van der Waals surface area contributed by atoms with Gasteiger partial charge in [0.15, 0.2) is 0 Å². The van der Waals surface area contributed by atoms with Gasteiger partial charge < -0.3 is 9.80 Å². The van der Waals surface area contributed by atoms with Crippen molar-refractivity contribution in [3.63, 3.8) is 0 Å². The lowest BCUT2D eigenvalue weighted by Crippen LogP contribution is -2.65. The van der Waals surface area contributed by atoms with Crippen LogP contribution in [0, 0.1) is 12.8 Å². The summed E-state index contributed by atoms with van der Waals surface area (Å²) in [6.45, 7) is 3.14. The monoisotopic (exact) mass is 443 g/mol. The van der Waals surface area contributed by atoms with Gasteiger partial charge in [0.1, 0.15) is 5.82 Å². The van der Waals surface area contributed by atoms with Crippen LogP contribution in [0.3, 0.4) is 0 Å². The van der Waals surface area contributed by atoms with Gasteiger partial charge >= 0.3 is 6.18 Å². The quantitative estimate of drug-likeness (QED) is 0.619. The number of hydrogen-bond donors (Lipinski definition) is 0. The second kappa shape index (κ2) is 7.57. The molecule has 0 radical (unpaired) electrons. The summed E-state index contributed by atoms with van der Waals surface area (Å²) in [4.78, 5) is 25.6. The number of likely N-dealkylation sites (tertiary alicyclic amines) is 1. The van der Waals surface area contributed by atoms with E-state index in [1.807, 2.05) is 11.0 Å². The molecule has 2 saturated heterocycles. The third kappa shape index (κ3) is 3.57. The van der Waals surface area contributed by atoms with Gasteiger partial charge in [0.2, 0.25) is 5.82 Å². The molecule has 11 heteroatoms. The highest BCUT2D eigenvalue weighted by molar-refractivity contribution is 5.97. The molecule has 2 fully saturated rings. The Morgan fingerprint density at radius 3 is 2.59 bits per heavy atom. The normalized spacial score (nSPS) is 20.6. The van der Waals surface area contributed by atoms with E-state index in [0.717, 1.165) is 6.42 Å². The molecule has 1 amide bonds. The Hall–Kier alpha value is -3.50. The summed E-state index contributed by atoms with van der Waals surface area (Å²) < 4.78 is 39.5. The number of para-hydroxylation sites is 1. The van der Waals surface area contributed by atoms with Gasteiger partial charge in [0.25, 0.3) is 5.91 Å². The lowest BCUT2D eigenvalue weighted by molar-refractivity contribution is -0.145. The van der Waals surface area contributed by atoms with Crippen molar-refractivity contribution in [3.8, 4) is 5.69 Å². The van der Waals surface area contributed by atoms with Gasteiger partial charge in [0, 0.05) is 37.3 Å². The number of alkyl halides is 3. The first kappa shape index (κ1) is 20.4. The van der Waals surface area contributed by atoms with E-state index in [1.165, 1.54) is 24.1 Å². The SMILES string of the molecule is Cc1cc(N2C[C@@H]3CCN(C(=O)c4ccccc4-n4nccn4)C[C@@H]32)nc(C(F)(F)F)n1. The molecule has 0 bridgehead atoms. The molecular weight excluding hydrogens is 423 g/mol. The number of fused-ring (bicyclic) bond motifs is 1. The van der Waals surface area contributed by atoms with Crippen molar-refractivity contribution >= 4 is 11.7 Å². The van der Waals surface area contributed by atoms with E-state index in [-0.39, 0.29) is 23.5 Å². The highest BCUT2D eigenvalue weighted by Gasteiger charge is 2.45. The minimum Gasteiger partial charge on any atom is -0.351 e. The first-order chi connectivity index (χ1) is 15.3. The number of aromatic nitrogens is 5. The molecule has 2 aromatic heterocycles. The summed E-state index contributed by atoms with van der Waals surface area (Å²) in [5, 5.41) is 8.24. The van der Waals surface area contributed by atoms with E-state index in [9.17, 15) is 18.0 Å². The minimum absolute atomic E-state index is 0.0851. The maximum atomic E-state index is 13.3. The molecule has 166 valence electrons. The van der Waals surface area contributed by atoms with Crippen molar-refractivity contribution in [1.82, 2.24) is 29.9 Å². The van der Waals surface area contributed by atoms with Crippen LogP contribution in [0.25, 0.3) is 5.69 Å². The van der Waals surface area contributed by atoms with Crippen LogP contribution in [0.2, 0.25) is 0 Å². The molecule has 4 heterocycles. The maximum Gasteiger partial charge on any atom is 0.451 e. The van der Waals surface area contributed by atoms with Gasteiger partial charge in [0.05, 0.1) is 29.7 Å². The predicted octanol–water partition coefficient (Wildman–Crippen LogP) is 2.74. The zero-order valence-electron chi connectivity index (χ0n) is 17.2. The van der Waals surface area contributed by atoms with Crippen LogP contribution in [-0.4, -0.2) is 61.4 Å². The zero-order valence-corrected chi connectivity index (χ0v) is 17.2. The molecule has 1 aromatic carbocycles. The number of aryl methyl sites for hydroxylation is 1. The first-order valence-electron chi connectivity index (χ1n) is 10.3. The summed E-state index contributed by atoms with van der Waals surface area (Å²) in [5.41, 5.74) is 1.32. The molecule has 0 spiro atoms. The Morgan fingerprint density at radius 2 is 1.84 bits per heavy atom. The van der Waals surface area contributed by atoms with E-state index in [1.54, 1.807) is 29.2 Å². The van der Waals surface area contributed by atoms with Crippen molar-refractivity contribution in [1.29, 1.82) is 0 Å². The van der Waals surface area contributed by atoms with Crippen molar-refractivity contribution in [2.45, 2.75) is 25.6 Å². The molecule has 0 N–H and O–H groups in total. The highest BCUT2D eigenvalue weighted by Crippen LogP contribution is 2.37. The molecule has 32 heavy (non-hydrogen) atoms. The summed E-state index contributed by atoms with van der Waals surface area (Å²) in [7, 11) is 0. The second-order valence-electron chi connectivity index (χ2n) is 8.04. The van der Waals surface area contributed by atoms with Crippen molar-refractivity contribution in [2.75, 3.05) is 24.5 Å². The van der Waals surface area contributed by atoms with Crippen LogP contribution in [0.4, 0.5) is 19.0 Å². The van der Waals surface area contributed by atoms with Gasteiger partial charge in [-0.3, -0.25) is 4.79 Å². The molecular formula is C21H20F3N7O. The topological polar surface area (TPSA) is 80.0 Å². The molecule has 0 unspecified atom stereocenters. The Morgan fingerprint density at radius 1 is 1.09 bits per heavy atom. The number of carbonyl (C=O) groups is 1. The average molecular weight is 443 g/mol. The van der Waals surface area contributed by atoms with Crippen molar-refractivity contribution < 1.29 is 18.0 Å². The molecule has 0 aliphatic carbocycles. The molecule has 2 atom stereocenters. The van der Waals surface area contributed by atoms with Gasteiger partial charge in [-0.2, -0.15) is 28.2 Å². The number of amides is 1. The number of halogens is 3. The van der Waals surface area contributed by atoms with E-state index in [4.69, 9.17) is 0 Å². The van der Waals surface area contributed by atoms with Gasteiger partial charge in [-0.1, -0.05) is 12.1 Å². The van der Waals surface area contributed by atoms with Gasteiger partial charge in [-0.15, -0.1) is 0 Å². The van der Waals surface area contributed by atoms with Crippen LogP contribution in [-0.2, 0) is 6.18 Å². The molecule has 2 aliphatic heterocycles. The standard InChI is InChI=1S/C21H20F3N7O/c1-13-10-18(28-20(27-13)21(22,23)24)30-11-14-6-9-29(12-17(14)30)19(32)15-4-2-3-5-16(15)31-25-7-8-26-31/h2-5,7-8,10,14,17H,6,9,11-12H2,1H3/t14-,17-/m0/s1. The van der Waals surface area contributed by atoms with E-state index in [2.05, 4.69) is 20.2 Å². The fourth-order valence-electron chi connectivity index (χ4n) is 4.41. The van der Waals surface area contributed by atoms with Crippen molar-refractivity contribution in [2.24, 2.45) is 5.92 Å². The van der Waals surface area contributed by atoms with Crippen molar-refractivity contribution in [3.05, 3.63) is 59.8 Å². The number of rotatable bonds is 3. The molecule has 5 rings (SSSR count). The summed E-state index contributed by atoms with van der Waals surface area (Å²) >= 11 is 0. The Bertz CT molecular complexity index is 1150. The fourth-order valence-corrected chi connectivity index (χ4v) is 4.41. The number of hydrogen-bond acceptors (Lipinski definition) is 6. The number of anilines is 1. The van der Waals surface area contributed by atoms with Gasteiger partial charge in [-0.25, -0.2) is 9.97 Å². The fraction of sp³-hybridized carbons (Fsp3) is 0.381. The Labute approximate surface area is 181 Å². The number of piperidine rings is 1. The molecule has 2 aliphatic rings. The largest absolute Gasteiger partial charge is 0.451 e. The molecule has 8 nitrogen and oxygen atoms in total. The molecule has 0 saturated carbocycles. The number of nitrogens with zero attached hydrogens (tertiary/aromatic N) is 7. The zero-order chi connectivity index (χ0) is 22.5. The summed E-state index contributed by atoms with van der Waals surface area (Å²) in [5.74, 6) is -0.730. The number of benzene rings is 1. The Balaban J connectivity index is 1.38. The van der Waals surface area contributed by atoms with Crippen LogP contribution >= 0.6 is 0 Å². The van der Waals surface area contributed by atoms with Crippen LogP contribution in [0.5, 0.6) is 0 Å².